The van der Waals surface area contributed by atoms with Crippen molar-refractivity contribution in [2.75, 3.05) is 0 Å². The first-order chi connectivity index (χ1) is 7.90. The number of rotatable bonds is 3. The molecule has 3 atom stereocenters. The lowest BCUT2D eigenvalue weighted by atomic mass is 9.75. The Morgan fingerprint density at radius 3 is 2.47 bits per heavy atom. The maximum Gasteiger partial charge on any atom is 0.330 e. The number of carbonyl (C=O) groups excluding carboxylic acids is 1. The molecule has 2 nitrogen and oxygen atoms in total. The van der Waals surface area contributed by atoms with E-state index in [-0.39, 0.29) is 12.1 Å². The van der Waals surface area contributed by atoms with Crippen LogP contribution in [0, 0.1) is 17.8 Å². The maximum absolute atomic E-state index is 11.7. The highest BCUT2D eigenvalue weighted by Crippen LogP contribution is 2.35. The Morgan fingerprint density at radius 2 is 1.94 bits per heavy atom. The van der Waals surface area contributed by atoms with Gasteiger partial charge in [-0.2, -0.15) is 0 Å². The third kappa shape index (κ3) is 4.53. The van der Waals surface area contributed by atoms with Gasteiger partial charge in [-0.25, -0.2) is 4.79 Å². The Labute approximate surface area is 105 Å². The molecule has 0 spiro atoms. The first-order valence-corrected chi connectivity index (χ1v) is 6.75. The fraction of sp³-hybridized carbons (Fsp3) is 0.800. The van der Waals surface area contributed by atoms with Crippen LogP contribution in [0.2, 0.25) is 0 Å². The molecule has 0 aromatic rings. The van der Waals surface area contributed by atoms with Crippen molar-refractivity contribution >= 4 is 5.97 Å². The standard InChI is InChI=1S/C15H26O2/c1-10(2)8-15(16)17-14-9-12(5)6-7-13(14)11(3)4/h8,11-14H,6-7,9H2,1-5H3/t12-,13+,14-/m1/s1. The smallest absolute Gasteiger partial charge is 0.330 e. The van der Waals surface area contributed by atoms with E-state index in [1.165, 1.54) is 12.8 Å². The van der Waals surface area contributed by atoms with Gasteiger partial charge in [-0.05, 0) is 44.4 Å². The van der Waals surface area contributed by atoms with E-state index in [0.717, 1.165) is 12.0 Å². The van der Waals surface area contributed by atoms with E-state index in [2.05, 4.69) is 20.8 Å². The molecule has 1 aliphatic rings. The number of carbonyl (C=O) groups is 1. The van der Waals surface area contributed by atoms with E-state index in [1.807, 2.05) is 13.8 Å². The number of esters is 1. The fourth-order valence-electron chi connectivity index (χ4n) is 2.67. The average Bonchev–Trinajstić information content (AvgIpc) is 2.15. The van der Waals surface area contributed by atoms with E-state index in [1.54, 1.807) is 6.08 Å². The molecule has 1 fully saturated rings. The lowest BCUT2D eigenvalue weighted by Crippen LogP contribution is -2.35. The van der Waals surface area contributed by atoms with Gasteiger partial charge in [0.1, 0.15) is 6.10 Å². The number of hydrogen-bond donors (Lipinski definition) is 0. The molecule has 0 heterocycles. The molecule has 0 aromatic heterocycles. The zero-order chi connectivity index (χ0) is 13.0. The van der Waals surface area contributed by atoms with Crippen LogP contribution in [0.15, 0.2) is 11.6 Å². The van der Waals surface area contributed by atoms with Gasteiger partial charge in [0.05, 0.1) is 0 Å². The van der Waals surface area contributed by atoms with E-state index >= 15 is 0 Å². The molecule has 0 saturated heterocycles. The first-order valence-electron chi connectivity index (χ1n) is 6.75. The summed E-state index contributed by atoms with van der Waals surface area (Å²) in [5.74, 6) is 1.62. The van der Waals surface area contributed by atoms with Crippen LogP contribution in [0.4, 0.5) is 0 Å². The van der Waals surface area contributed by atoms with Crippen molar-refractivity contribution in [2.24, 2.45) is 17.8 Å². The monoisotopic (exact) mass is 238 g/mol. The van der Waals surface area contributed by atoms with Crippen molar-refractivity contribution in [1.82, 2.24) is 0 Å². The Morgan fingerprint density at radius 1 is 1.29 bits per heavy atom. The summed E-state index contributed by atoms with van der Waals surface area (Å²) in [4.78, 5) is 11.7. The van der Waals surface area contributed by atoms with E-state index in [0.29, 0.717) is 17.8 Å². The largest absolute Gasteiger partial charge is 0.459 e. The molecule has 1 aliphatic carbocycles. The van der Waals surface area contributed by atoms with E-state index < -0.39 is 0 Å². The number of hydrogen-bond acceptors (Lipinski definition) is 2. The van der Waals surface area contributed by atoms with Crippen LogP contribution in [0.3, 0.4) is 0 Å². The lowest BCUT2D eigenvalue weighted by molar-refractivity contribution is -0.149. The minimum absolute atomic E-state index is 0.113. The Kier molecular flexibility index (Phi) is 5.23. The normalized spacial score (nSPS) is 28.9. The van der Waals surface area contributed by atoms with Gasteiger partial charge in [0.15, 0.2) is 0 Å². The van der Waals surface area contributed by atoms with Crippen molar-refractivity contribution in [3.8, 4) is 0 Å². The van der Waals surface area contributed by atoms with Gasteiger partial charge in [-0.1, -0.05) is 32.8 Å². The Bertz CT molecular complexity index is 287. The fourth-order valence-corrected chi connectivity index (χ4v) is 2.67. The topological polar surface area (TPSA) is 26.3 Å². The number of allylic oxidation sites excluding steroid dienone is 1. The van der Waals surface area contributed by atoms with Gasteiger partial charge in [-0.15, -0.1) is 0 Å². The molecule has 0 unspecified atom stereocenters. The Hall–Kier alpha value is -0.790. The minimum atomic E-state index is -0.172. The summed E-state index contributed by atoms with van der Waals surface area (Å²) in [6.45, 7) is 10.5. The summed E-state index contributed by atoms with van der Waals surface area (Å²) >= 11 is 0. The number of ether oxygens (including phenoxy) is 1. The lowest BCUT2D eigenvalue weighted by Gasteiger charge is -2.36. The van der Waals surface area contributed by atoms with Crippen molar-refractivity contribution in [3.05, 3.63) is 11.6 Å². The van der Waals surface area contributed by atoms with Crippen LogP contribution in [0.1, 0.15) is 53.9 Å². The van der Waals surface area contributed by atoms with Crippen LogP contribution in [0.25, 0.3) is 0 Å². The molecule has 1 rings (SSSR count). The SMILES string of the molecule is CC(C)=CC(=O)O[C@@H]1C[C@H](C)CC[C@H]1C(C)C. The molecule has 0 bridgehead atoms. The van der Waals surface area contributed by atoms with Gasteiger partial charge in [0.25, 0.3) is 0 Å². The van der Waals surface area contributed by atoms with Crippen LogP contribution >= 0.6 is 0 Å². The minimum Gasteiger partial charge on any atom is -0.459 e. The highest BCUT2D eigenvalue weighted by Gasteiger charge is 2.32. The van der Waals surface area contributed by atoms with Gasteiger partial charge in [0.2, 0.25) is 0 Å². The van der Waals surface area contributed by atoms with Crippen molar-refractivity contribution in [2.45, 2.75) is 60.0 Å². The molecule has 17 heavy (non-hydrogen) atoms. The zero-order valence-corrected chi connectivity index (χ0v) is 11.8. The summed E-state index contributed by atoms with van der Waals surface area (Å²) < 4.78 is 5.63. The molecule has 0 aliphatic heterocycles. The second kappa shape index (κ2) is 6.23. The van der Waals surface area contributed by atoms with Crippen LogP contribution in [-0.4, -0.2) is 12.1 Å². The van der Waals surface area contributed by atoms with E-state index in [4.69, 9.17) is 4.74 Å². The van der Waals surface area contributed by atoms with Gasteiger partial charge in [0, 0.05) is 6.08 Å². The quantitative estimate of drug-likeness (QED) is 0.549. The van der Waals surface area contributed by atoms with Crippen molar-refractivity contribution < 1.29 is 9.53 Å². The maximum atomic E-state index is 11.7. The second-order valence-electron chi connectivity index (χ2n) is 6.02. The molecule has 98 valence electrons. The van der Waals surface area contributed by atoms with Crippen LogP contribution in [-0.2, 0) is 9.53 Å². The predicted molar refractivity (Wildman–Crippen MR) is 70.7 cm³/mol. The second-order valence-corrected chi connectivity index (χ2v) is 6.02. The summed E-state index contributed by atoms with van der Waals surface area (Å²) in [5, 5.41) is 0. The third-order valence-electron chi connectivity index (χ3n) is 3.64. The average molecular weight is 238 g/mol. The molecule has 0 amide bonds. The van der Waals surface area contributed by atoms with Gasteiger partial charge < -0.3 is 4.74 Å². The van der Waals surface area contributed by atoms with Gasteiger partial charge in [-0.3, -0.25) is 0 Å². The van der Waals surface area contributed by atoms with Crippen LogP contribution in [0.5, 0.6) is 0 Å². The molecular weight excluding hydrogens is 212 g/mol. The van der Waals surface area contributed by atoms with Gasteiger partial charge >= 0.3 is 5.97 Å². The predicted octanol–water partition coefficient (Wildman–Crippen LogP) is 3.96. The third-order valence-corrected chi connectivity index (χ3v) is 3.64. The summed E-state index contributed by atoms with van der Waals surface area (Å²) in [6.07, 6.45) is 5.18. The summed E-state index contributed by atoms with van der Waals surface area (Å²) in [6, 6.07) is 0. The summed E-state index contributed by atoms with van der Waals surface area (Å²) in [7, 11) is 0. The summed E-state index contributed by atoms with van der Waals surface area (Å²) in [5.41, 5.74) is 1.000. The molecule has 1 saturated carbocycles. The van der Waals surface area contributed by atoms with Crippen LogP contribution < -0.4 is 0 Å². The molecular formula is C15H26O2. The molecule has 0 radical (unpaired) electrons. The van der Waals surface area contributed by atoms with Crippen molar-refractivity contribution in [3.63, 3.8) is 0 Å². The zero-order valence-electron chi connectivity index (χ0n) is 11.8. The first kappa shape index (κ1) is 14.3. The molecule has 0 aromatic carbocycles. The van der Waals surface area contributed by atoms with Crippen molar-refractivity contribution in [1.29, 1.82) is 0 Å². The molecule has 2 heteroatoms. The van der Waals surface area contributed by atoms with E-state index in [9.17, 15) is 4.79 Å². The highest BCUT2D eigenvalue weighted by atomic mass is 16.5. The highest BCUT2D eigenvalue weighted by molar-refractivity contribution is 5.82. The Balaban J connectivity index is 2.64. The molecule has 0 N–H and O–H groups in total.